The molecule has 1 aliphatic heterocycles. The molecule has 1 fully saturated rings. The number of aromatic hydroxyl groups is 2. The van der Waals surface area contributed by atoms with E-state index in [-0.39, 0.29) is 39.6 Å². The van der Waals surface area contributed by atoms with Gasteiger partial charge in [-0.15, -0.1) is 0 Å². The molecule has 2 N–H and O–H groups in total. The number of nitrogens with zero attached hydrogens (tertiary/aromatic N) is 1. The van der Waals surface area contributed by atoms with Gasteiger partial charge in [0.1, 0.15) is 0 Å². The second kappa shape index (κ2) is 5.26. The van der Waals surface area contributed by atoms with Gasteiger partial charge in [0.05, 0.1) is 21.4 Å². The minimum Gasteiger partial charge on any atom is -0.502 e. The Morgan fingerprint density at radius 3 is 2.32 bits per heavy atom. The third kappa shape index (κ3) is 2.29. The molecule has 2 heterocycles. The molecule has 0 saturated carbocycles. The first-order valence-corrected chi connectivity index (χ1v) is 8.69. The van der Waals surface area contributed by atoms with Crippen LogP contribution in [-0.2, 0) is 10.0 Å². The fourth-order valence-electron chi connectivity index (χ4n) is 2.32. The second-order valence-corrected chi connectivity index (χ2v) is 7.60. The number of hydrogen-bond donors (Lipinski definition) is 2. The third-order valence-corrected chi connectivity index (χ3v) is 5.81. The van der Waals surface area contributed by atoms with Gasteiger partial charge in [0, 0.05) is 6.54 Å². The average molecular weight is 364 g/mol. The monoisotopic (exact) mass is 363 g/mol. The zero-order valence-electron chi connectivity index (χ0n) is 11.1. The van der Waals surface area contributed by atoms with Crippen LogP contribution in [0.1, 0.15) is 6.42 Å². The number of anilines is 1. The van der Waals surface area contributed by atoms with E-state index in [1.165, 1.54) is 12.1 Å². The molecule has 1 aromatic heterocycles. The Morgan fingerprint density at radius 1 is 1.14 bits per heavy atom. The van der Waals surface area contributed by atoms with Crippen LogP contribution in [0.25, 0.3) is 11.3 Å². The van der Waals surface area contributed by atoms with Gasteiger partial charge in [0.2, 0.25) is 21.5 Å². The maximum atomic E-state index is 11.9. The lowest BCUT2D eigenvalue weighted by Crippen LogP contribution is -2.24. The van der Waals surface area contributed by atoms with Crippen LogP contribution in [0.4, 0.5) is 5.88 Å². The zero-order chi connectivity index (χ0) is 16.1. The average Bonchev–Trinajstić information content (AvgIpc) is 2.92. The van der Waals surface area contributed by atoms with Gasteiger partial charge in [-0.05, 0) is 18.6 Å². The zero-order valence-corrected chi connectivity index (χ0v) is 13.4. The third-order valence-electron chi connectivity index (χ3n) is 3.36. The molecule has 1 saturated heterocycles. The van der Waals surface area contributed by atoms with E-state index in [0.29, 0.717) is 6.42 Å². The van der Waals surface area contributed by atoms with Crippen molar-refractivity contribution in [1.29, 1.82) is 0 Å². The number of halogens is 2. The minimum absolute atomic E-state index is 0.0456. The molecule has 22 heavy (non-hydrogen) atoms. The Labute approximate surface area is 136 Å². The molecule has 2 aromatic rings. The lowest BCUT2D eigenvalue weighted by atomic mass is 10.1. The predicted octanol–water partition coefficient (Wildman–Crippen LogP) is 3.20. The standard InChI is InChI=1S/C13H11Cl2NO5S/c14-7-3-1-4-8(15)9(7)12-10(17)11(18)13(21-12)16-5-2-6-22(16,19)20/h1,3-4,17-18H,2,5-6H2. The van der Waals surface area contributed by atoms with Gasteiger partial charge < -0.3 is 14.6 Å². The largest absolute Gasteiger partial charge is 0.502 e. The summed E-state index contributed by atoms with van der Waals surface area (Å²) in [5.41, 5.74) is 0.182. The van der Waals surface area contributed by atoms with E-state index in [2.05, 4.69) is 0 Å². The van der Waals surface area contributed by atoms with Crippen LogP contribution >= 0.6 is 23.2 Å². The molecule has 9 heteroatoms. The molecule has 0 radical (unpaired) electrons. The Hall–Kier alpha value is -1.57. The second-order valence-electron chi connectivity index (χ2n) is 4.77. The summed E-state index contributed by atoms with van der Waals surface area (Å²) >= 11 is 12.1. The van der Waals surface area contributed by atoms with Crippen LogP contribution in [0, 0.1) is 0 Å². The summed E-state index contributed by atoms with van der Waals surface area (Å²) in [4.78, 5) is 0. The molecule has 3 rings (SSSR count). The van der Waals surface area contributed by atoms with Gasteiger partial charge in [-0.2, -0.15) is 0 Å². The Bertz CT molecular complexity index is 826. The van der Waals surface area contributed by atoms with E-state index in [4.69, 9.17) is 27.6 Å². The van der Waals surface area contributed by atoms with Crippen LogP contribution in [-0.4, -0.2) is 30.9 Å². The van der Waals surface area contributed by atoms with E-state index in [1.807, 2.05) is 0 Å². The van der Waals surface area contributed by atoms with Crippen molar-refractivity contribution in [2.24, 2.45) is 0 Å². The summed E-state index contributed by atoms with van der Waals surface area (Å²) in [7, 11) is -3.57. The molecule has 0 unspecified atom stereocenters. The quantitative estimate of drug-likeness (QED) is 0.854. The van der Waals surface area contributed by atoms with Crippen molar-refractivity contribution in [2.75, 3.05) is 16.6 Å². The molecule has 0 spiro atoms. The molecular formula is C13H11Cl2NO5S. The fraction of sp³-hybridized carbons (Fsp3) is 0.231. The van der Waals surface area contributed by atoms with E-state index in [0.717, 1.165) is 4.31 Å². The van der Waals surface area contributed by atoms with Gasteiger partial charge in [-0.1, -0.05) is 29.3 Å². The maximum Gasteiger partial charge on any atom is 0.256 e. The molecular weight excluding hydrogens is 353 g/mol. The summed E-state index contributed by atoms with van der Waals surface area (Å²) in [6.07, 6.45) is 0.408. The van der Waals surface area contributed by atoms with Crippen molar-refractivity contribution in [3.8, 4) is 22.8 Å². The molecule has 0 bridgehead atoms. The topological polar surface area (TPSA) is 91.0 Å². The normalized spacial score (nSPS) is 17.1. The molecule has 118 valence electrons. The van der Waals surface area contributed by atoms with Gasteiger partial charge >= 0.3 is 0 Å². The van der Waals surface area contributed by atoms with Gasteiger partial charge in [-0.3, -0.25) is 0 Å². The fourth-order valence-corrected chi connectivity index (χ4v) is 4.39. The minimum atomic E-state index is -3.57. The van der Waals surface area contributed by atoms with Crippen molar-refractivity contribution >= 4 is 39.1 Å². The molecule has 1 aromatic carbocycles. The van der Waals surface area contributed by atoms with Crippen molar-refractivity contribution in [1.82, 2.24) is 0 Å². The van der Waals surface area contributed by atoms with Gasteiger partial charge in [-0.25, -0.2) is 12.7 Å². The van der Waals surface area contributed by atoms with Crippen LogP contribution in [0.3, 0.4) is 0 Å². The van der Waals surface area contributed by atoms with Crippen molar-refractivity contribution in [2.45, 2.75) is 6.42 Å². The summed E-state index contributed by atoms with van der Waals surface area (Å²) < 4.78 is 30.2. The molecule has 0 amide bonds. The first kappa shape index (κ1) is 15.3. The van der Waals surface area contributed by atoms with Gasteiger partial charge in [0.15, 0.2) is 5.76 Å². The highest BCUT2D eigenvalue weighted by Crippen LogP contribution is 2.51. The van der Waals surface area contributed by atoms with E-state index in [9.17, 15) is 18.6 Å². The van der Waals surface area contributed by atoms with Crippen LogP contribution in [0.5, 0.6) is 11.5 Å². The maximum absolute atomic E-state index is 11.9. The van der Waals surface area contributed by atoms with Crippen LogP contribution in [0.2, 0.25) is 10.0 Å². The Kier molecular flexibility index (Phi) is 3.66. The highest BCUT2D eigenvalue weighted by Gasteiger charge is 2.36. The molecule has 0 atom stereocenters. The Morgan fingerprint density at radius 2 is 1.77 bits per heavy atom. The number of rotatable bonds is 2. The summed E-state index contributed by atoms with van der Waals surface area (Å²) in [6.45, 7) is 0.165. The predicted molar refractivity (Wildman–Crippen MR) is 83.2 cm³/mol. The van der Waals surface area contributed by atoms with E-state index in [1.54, 1.807) is 6.07 Å². The summed E-state index contributed by atoms with van der Waals surface area (Å²) in [5, 5.41) is 20.5. The summed E-state index contributed by atoms with van der Waals surface area (Å²) in [5.74, 6) is -1.81. The summed E-state index contributed by atoms with van der Waals surface area (Å²) in [6, 6.07) is 4.68. The SMILES string of the molecule is O=S1(=O)CCCN1c1oc(-c2c(Cl)cccc2Cl)c(O)c1O. The van der Waals surface area contributed by atoms with Gasteiger partial charge in [0.25, 0.3) is 5.88 Å². The number of benzene rings is 1. The van der Waals surface area contributed by atoms with Crippen molar-refractivity contribution in [3.63, 3.8) is 0 Å². The molecule has 1 aliphatic rings. The molecule has 0 aliphatic carbocycles. The number of sulfonamides is 1. The van der Waals surface area contributed by atoms with Crippen molar-refractivity contribution in [3.05, 3.63) is 28.2 Å². The Balaban J connectivity index is 2.19. The van der Waals surface area contributed by atoms with Crippen LogP contribution in [0.15, 0.2) is 22.6 Å². The van der Waals surface area contributed by atoms with E-state index >= 15 is 0 Å². The van der Waals surface area contributed by atoms with E-state index < -0.39 is 21.5 Å². The van der Waals surface area contributed by atoms with Crippen LogP contribution < -0.4 is 4.31 Å². The van der Waals surface area contributed by atoms with Crippen molar-refractivity contribution < 1.29 is 23.0 Å². The number of hydrogen-bond acceptors (Lipinski definition) is 5. The first-order valence-electron chi connectivity index (χ1n) is 6.32. The lowest BCUT2D eigenvalue weighted by molar-refractivity contribution is 0.409. The first-order chi connectivity index (χ1) is 10.3. The smallest absolute Gasteiger partial charge is 0.256 e. The lowest BCUT2D eigenvalue weighted by Gasteiger charge is -2.13. The highest BCUT2D eigenvalue weighted by molar-refractivity contribution is 7.93. The number of furan rings is 1. The highest BCUT2D eigenvalue weighted by atomic mass is 35.5. The molecule has 6 nitrogen and oxygen atoms in total.